The Morgan fingerprint density at radius 1 is 1.30 bits per heavy atom. The van der Waals surface area contributed by atoms with E-state index in [2.05, 4.69) is 5.32 Å². The van der Waals surface area contributed by atoms with Gasteiger partial charge < -0.3 is 11.1 Å². The Labute approximate surface area is 119 Å². The molecule has 0 spiro atoms. The van der Waals surface area contributed by atoms with Gasteiger partial charge in [0.15, 0.2) is 0 Å². The number of nitrogens with zero attached hydrogens (tertiary/aromatic N) is 1. The lowest BCUT2D eigenvalue weighted by atomic mass is 9.97. The largest absolute Gasteiger partial charge is 0.398 e. The average molecular weight is 297 g/mol. The van der Waals surface area contributed by atoms with Crippen molar-refractivity contribution in [1.29, 1.82) is 0 Å². The molecular formula is C13H19N3O3S. The summed E-state index contributed by atoms with van der Waals surface area (Å²) in [6, 6.07) is 6.44. The number of benzene rings is 1. The number of anilines is 1. The molecule has 0 radical (unpaired) electrons. The molecule has 0 atom stereocenters. The van der Waals surface area contributed by atoms with E-state index >= 15 is 0 Å². The van der Waals surface area contributed by atoms with Crippen LogP contribution in [-0.4, -0.2) is 38.8 Å². The number of amides is 1. The molecule has 1 amide bonds. The Bertz CT molecular complexity index is 593. The maximum atomic E-state index is 12.5. The van der Waals surface area contributed by atoms with Gasteiger partial charge in [0.25, 0.3) is 0 Å². The van der Waals surface area contributed by atoms with Crippen molar-refractivity contribution < 1.29 is 13.2 Å². The van der Waals surface area contributed by atoms with Gasteiger partial charge in [-0.1, -0.05) is 12.1 Å². The molecule has 0 bridgehead atoms. The van der Waals surface area contributed by atoms with Crippen LogP contribution in [-0.2, 0) is 14.8 Å². The molecule has 1 aliphatic heterocycles. The third-order valence-electron chi connectivity index (χ3n) is 3.61. The van der Waals surface area contributed by atoms with Gasteiger partial charge in [0, 0.05) is 26.1 Å². The van der Waals surface area contributed by atoms with Gasteiger partial charge in [0.2, 0.25) is 15.9 Å². The molecule has 1 aromatic rings. The van der Waals surface area contributed by atoms with Crippen LogP contribution in [0.25, 0.3) is 0 Å². The highest BCUT2D eigenvalue weighted by Crippen LogP contribution is 2.26. The van der Waals surface area contributed by atoms with E-state index < -0.39 is 10.0 Å². The number of hydrogen-bond acceptors (Lipinski definition) is 4. The fourth-order valence-electron chi connectivity index (χ4n) is 2.42. The Hall–Kier alpha value is -1.60. The summed E-state index contributed by atoms with van der Waals surface area (Å²) in [5.41, 5.74) is 5.99. The van der Waals surface area contributed by atoms with E-state index in [-0.39, 0.29) is 22.4 Å². The quantitative estimate of drug-likeness (QED) is 0.791. The van der Waals surface area contributed by atoms with Crippen molar-refractivity contribution in [2.45, 2.75) is 17.7 Å². The Morgan fingerprint density at radius 2 is 1.90 bits per heavy atom. The zero-order valence-electron chi connectivity index (χ0n) is 11.4. The molecule has 7 heteroatoms. The molecule has 3 N–H and O–H groups in total. The SMILES string of the molecule is CNC(=O)C1CCN(S(=O)(=O)c2ccccc2N)CC1. The summed E-state index contributed by atoms with van der Waals surface area (Å²) in [6.45, 7) is 0.684. The Kier molecular flexibility index (Phi) is 4.29. The molecule has 0 aliphatic carbocycles. The second kappa shape index (κ2) is 5.80. The summed E-state index contributed by atoms with van der Waals surface area (Å²) in [7, 11) is -1.98. The van der Waals surface area contributed by atoms with E-state index in [1.54, 1.807) is 25.2 Å². The molecule has 1 heterocycles. The molecule has 1 fully saturated rings. The monoisotopic (exact) mass is 297 g/mol. The molecule has 6 nitrogen and oxygen atoms in total. The van der Waals surface area contributed by atoms with E-state index in [1.165, 1.54) is 10.4 Å². The summed E-state index contributed by atoms with van der Waals surface area (Å²) < 4.78 is 26.4. The predicted molar refractivity (Wildman–Crippen MR) is 76.4 cm³/mol. The van der Waals surface area contributed by atoms with Crippen molar-refractivity contribution in [3.8, 4) is 0 Å². The third kappa shape index (κ3) is 2.78. The van der Waals surface area contributed by atoms with Gasteiger partial charge in [-0.15, -0.1) is 0 Å². The number of piperidine rings is 1. The number of hydrogen-bond donors (Lipinski definition) is 2. The van der Waals surface area contributed by atoms with Gasteiger partial charge in [-0.25, -0.2) is 8.42 Å². The lowest BCUT2D eigenvalue weighted by Crippen LogP contribution is -2.42. The maximum Gasteiger partial charge on any atom is 0.245 e. The van der Waals surface area contributed by atoms with E-state index in [0.717, 1.165) is 0 Å². The zero-order valence-corrected chi connectivity index (χ0v) is 12.2. The van der Waals surface area contributed by atoms with Crippen LogP contribution in [0.2, 0.25) is 0 Å². The summed E-state index contributed by atoms with van der Waals surface area (Å²) in [6.07, 6.45) is 1.07. The summed E-state index contributed by atoms with van der Waals surface area (Å²) >= 11 is 0. The molecule has 0 saturated carbocycles. The van der Waals surface area contributed by atoms with Crippen LogP contribution in [0, 0.1) is 5.92 Å². The van der Waals surface area contributed by atoms with Crippen LogP contribution in [0.5, 0.6) is 0 Å². The minimum atomic E-state index is -3.57. The van der Waals surface area contributed by atoms with Crippen molar-refractivity contribution >= 4 is 21.6 Å². The first-order valence-electron chi connectivity index (χ1n) is 6.53. The van der Waals surface area contributed by atoms with Crippen LogP contribution in [0.3, 0.4) is 0 Å². The summed E-state index contributed by atoms with van der Waals surface area (Å²) in [4.78, 5) is 11.7. The Morgan fingerprint density at radius 3 is 2.45 bits per heavy atom. The second-order valence-corrected chi connectivity index (χ2v) is 6.74. The smallest absolute Gasteiger partial charge is 0.245 e. The maximum absolute atomic E-state index is 12.5. The predicted octanol–water partition coefficient (Wildman–Crippen LogP) is 0.416. The molecule has 1 saturated heterocycles. The molecule has 0 aromatic heterocycles. The number of carbonyl (C=O) groups is 1. The first-order valence-corrected chi connectivity index (χ1v) is 7.97. The van der Waals surface area contributed by atoms with E-state index in [1.807, 2.05) is 0 Å². The number of nitrogen functional groups attached to an aromatic ring is 1. The van der Waals surface area contributed by atoms with Gasteiger partial charge >= 0.3 is 0 Å². The van der Waals surface area contributed by atoms with E-state index in [0.29, 0.717) is 25.9 Å². The van der Waals surface area contributed by atoms with Crippen molar-refractivity contribution in [1.82, 2.24) is 9.62 Å². The molecule has 1 aromatic carbocycles. The van der Waals surface area contributed by atoms with E-state index in [4.69, 9.17) is 5.73 Å². The Balaban J connectivity index is 2.14. The average Bonchev–Trinajstić information content (AvgIpc) is 2.47. The van der Waals surface area contributed by atoms with Gasteiger partial charge in [-0.2, -0.15) is 4.31 Å². The highest BCUT2D eigenvalue weighted by atomic mass is 32.2. The van der Waals surface area contributed by atoms with Crippen molar-refractivity contribution in [2.75, 3.05) is 25.9 Å². The number of carbonyl (C=O) groups excluding carboxylic acids is 1. The number of rotatable bonds is 3. The second-order valence-electron chi connectivity index (χ2n) is 4.83. The first-order chi connectivity index (χ1) is 9.46. The van der Waals surface area contributed by atoms with Crippen LogP contribution in [0.1, 0.15) is 12.8 Å². The molecule has 0 unspecified atom stereocenters. The highest BCUT2D eigenvalue weighted by molar-refractivity contribution is 7.89. The molecule has 110 valence electrons. The van der Waals surface area contributed by atoms with Crippen LogP contribution < -0.4 is 11.1 Å². The van der Waals surface area contributed by atoms with Crippen LogP contribution >= 0.6 is 0 Å². The summed E-state index contributed by atoms with van der Waals surface area (Å²) in [5.74, 6) is -0.138. The lowest BCUT2D eigenvalue weighted by molar-refractivity contribution is -0.125. The van der Waals surface area contributed by atoms with Crippen molar-refractivity contribution in [3.05, 3.63) is 24.3 Å². The normalized spacial score (nSPS) is 17.9. The minimum absolute atomic E-state index is 0.0266. The highest BCUT2D eigenvalue weighted by Gasteiger charge is 2.32. The van der Waals surface area contributed by atoms with Crippen molar-refractivity contribution in [2.24, 2.45) is 5.92 Å². The van der Waals surface area contributed by atoms with Gasteiger partial charge in [-0.3, -0.25) is 4.79 Å². The van der Waals surface area contributed by atoms with Gasteiger partial charge in [0.1, 0.15) is 4.90 Å². The molecule has 2 rings (SSSR count). The zero-order chi connectivity index (χ0) is 14.8. The fraction of sp³-hybridized carbons (Fsp3) is 0.462. The number of sulfonamides is 1. The van der Waals surface area contributed by atoms with Crippen LogP contribution in [0.4, 0.5) is 5.69 Å². The standard InChI is InChI=1S/C13H19N3O3S/c1-15-13(17)10-6-8-16(9-7-10)20(18,19)12-5-3-2-4-11(12)14/h2-5,10H,6-9,14H2,1H3,(H,15,17). The first kappa shape index (κ1) is 14.8. The topological polar surface area (TPSA) is 92.5 Å². The molecular weight excluding hydrogens is 278 g/mol. The molecule has 1 aliphatic rings. The lowest BCUT2D eigenvalue weighted by Gasteiger charge is -2.30. The number of para-hydroxylation sites is 1. The fourth-order valence-corrected chi connectivity index (χ4v) is 4.00. The van der Waals surface area contributed by atoms with Crippen molar-refractivity contribution in [3.63, 3.8) is 0 Å². The minimum Gasteiger partial charge on any atom is -0.398 e. The number of nitrogens with two attached hydrogens (primary N) is 1. The van der Waals surface area contributed by atoms with Crippen LogP contribution in [0.15, 0.2) is 29.2 Å². The van der Waals surface area contributed by atoms with Gasteiger partial charge in [-0.05, 0) is 25.0 Å². The van der Waals surface area contributed by atoms with Gasteiger partial charge in [0.05, 0.1) is 5.69 Å². The summed E-state index contributed by atoms with van der Waals surface area (Å²) in [5, 5.41) is 2.60. The third-order valence-corrected chi connectivity index (χ3v) is 5.58. The molecule has 20 heavy (non-hydrogen) atoms. The number of nitrogens with one attached hydrogen (secondary N) is 1. The van der Waals surface area contributed by atoms with E-state index in [9.17, 15) is 13.2 Å².